The van der Waals surface area contributed by atoms with E-state index >= 15 is 0 Å². The highest BCUT2D eigenvalue weighted by molar-refractivity contribution is 9.11. The molecule has 5 heterocycles. The average Bonchev–Trinajstić information content (AvgIpc) is 1.59. The highest BCUT2D eigenvalue weighted by Crippen LogP contribution is 2.41. The maximum atomic E-state index is 12.7. The van der Waals surface area contributed by atoms with Crippen LogP contribution < -0.4 is 26.1 Å². The molecule has 2 aliphatic heterocycles. The Morgan fingerprint density at radius 2 is 0.832 bits per heavy atom. The SMILES string of the molecule is COC(=O)C1CCN(c2ccc3c(=O)c4cccc(Cl)c4sc3c2)C1.N#Cc1ccc(Br)cc1F.N#Cc1ccc(Br)cc1Sc1ccccc1Cl.O=C(O)C1CCN(c2ccc3c(=O)c4cccc(Cl)c4sc3c2)C1.O=C(O)c1ccc(Br)cc1Sc1ccccc1Cl.O=c1c2ccc(Br)cc2sc2c(Cl)cccc12.Sc1ccccc1S. The third kappa shape index (κ3) is 23.6. The van der Waals surface area contributed by atoms with E-state index in [-0.39, 0.29) is 45.2 Å². The number of rotatable bonds is 9. The van der Waals surface area contributed by atoms with E-state index in [1.165, 1.54) is 65.4 Å². The summed E-state index contributed by atoms with van der Waals surface area (Å²) in [5, 5.41) is 42.9. The summed E-state index contributed by atoms with van der Waals surface area (Å²) < 4.78 is 26.0. The first-order chi connectivity index (χ1) is 57.1. The molecule has 2 aliphatic rings. The normalized spacial score (nSPS) is 13.2. The molecule has 30 heteroatoms. The number of aromatic carboxylic acids is 1. The van der Waals surface area contributed by atoms with Gasteiger partial charge in [0.05, 0.1) is 74.8 Å². The number of aliphatic carboxylic acids is 1. The number of esters is 1. The van der Waals surface area contributed by atoms with Crippen molar-refractivity contribution in [3.8, 4) is 12.1 Å². The molecule has 2 fully saturated rings. The Balaban J connectivity index is 0.000000139. The van der Waals surface area contributed by atoms with Crippen LogP contribution in [0.3, 0.4) is 0 Å². The predicted octanol–water partition coefficient (Wildman–Crippen LogP) is 27.7. The van der Waals surface area contributed by atoms with Crippen molar-refractivity contribution < 1.29 is 33.7 Å². The number of nitriles is 2. The smallest absolute Gasteiger partial charge is 0.336 e. The van der Waals surface area contributed by atoms with Crippen molar-refractivity contribution in [3.05, 3.63) is 333 Å². The van der Waals surface area contributed by atoms with E-state index in [1.807, 2.05) is 158 Å². The molecule has 15 aromatic rings. The standard InChI is InChI=1S/C19H16ClNO3S.C18H14ClNO3S.C13H7BrClNS.C13H8BrClO2S.C13H6BrClOS.C7H3BrFN.C6H6S2/c1-24-19(23)11-7-8-21(10-11)12-5-6-13-16(9-12)25-18-14(17(13)22)3-2-4-15(18)20;19-14-3-1-2-13-16(21)12-5-4-11(8-15(12)24-17(13)14)20-7-6-10(9-20)18(22)23;14-10-6-5-9(8-16)13(7-10)17-12-4-2-1-3-11(12)15;14-8-5-6-9(13(16)17)12(7-8)18-11-4-2-1-3-10(11)15;14-7-4-5-8-11(6-7)17-13-9(12(8)16)2-1-3-10(13)15;8-6-2-1-5(4-10)7(9)3-6;7-5-3-1-2-4-6(5)8/h2-6,9,11H,7-8,10H2,1H3;1-5,8,10H,6-7,9H2,(H,22,23);1-7H;1-7H,(H,16,17);1-6H;1-3H;1-4,7-8H. The van der Waals surface area contributed by atoms with Gasteiger partial charge in [-0.1, -0.05) is 200 Å². The molecule has 2 N–H and O–H groups in total. The maximum absolute atomic E-state index is 12.7. The molecule has 602 valence electrons. The zero-order valence-electron chi connectivity index (χ0n) is 61.7. The van der Waals surface area contributed by atoms with Crippen LogP contribution in [0.2, 0.25) is 25.1 Å². The Morgan fingerprint density at radius 1 is 0.454 bits per heavy atom. The topological polar surface area (TPSA) is 206 Å². The van der Waals surface area contributed by atoms with Crippen LogP contribution in [0.1, 0.15) is 34.3 Å². The molecule has 119 heavy (non-hydrogen) atoms. The summed E-state index contributed by atoms with van der Waals surface area (Å²) in [7, 11) is 1.42. The molecule has 12 aromatic carbocycles. The minimum atomic E-state index is -0.947. The molecule has 13 nitrogen and oxygen atoms in total. The molecule has 0 spiro atoms. The van der Waals surface area contributed by atoms with E-state index in [0.29, 0.717) is 93.0 Å². The van der Waals surface area contributed by atoms with Gasteiger partial charge in [0.15, 0.2) is 16.3 Å². The number of methoxy groups -OCH3 is 1. The van der Waals surface area contributed by atoms with E-state index < -0.39 is 17.8 Å². The van der Waals surface area contributed by atoms with Gasteiger partial charge in [0.2, 0.25) is 0 Å². The van der Waals surface area contributed by atoms with Gasteiger partial charge < -0.3 is 24.7 Å². The number of carbonyl (C=O) groups excluding carboxylic acids is 1. The Hall–Kier alpha value is -8.00. The van der Waals surface area contributed by atoms with Crippen LogP contribution in [-0.4, -0.2) is 61.4 Å². The molecule has 0 amide bonds. The van der Waals surface area contributed by atoms with E-state index in [2.05, 4.69) is 105 Å². The highest BCUT2D eigenvalue weighted by atomic mass is 79.9. The van der Waals surface area contributed by atoms with Crippen LogP contribution in [0.15, 0.2) is 298 Å². The number of hydrogen-bond acceptors (Lipinski definition) is 18. The lowest BCUT2D eigenvalue weighted by Crippen LogP contribution is -2.23. The first-order valence-corrected chi connectivity index (χ1v) is 45.5. The summed E-state index contributed by atoms with van der Waals surface area (Å²) in [5.74, 6) is -2.77. The molecule has 2 saturated heterocycles. The Labute approximate surface area is 772 Å². The Morgan fingerprint density at radius 3 is 1.26 bits per heavy atom. The first-order valence-electron chi connectivity index (χ1n) is 35.4. The molecule has 17 rings (SSSR count). The number of carbonyl (C=O) groups is 3. The van der Waals surface area contributed by atoms with Crippen LogP contribution in [0.4, 0.5) is 15.8 Å². The molecule has 3 aromatic heterocycles. The second-order valence-corrected chi connectivity index (χ2v) is 37.8. The van der Waals surface area contributed by atoms with Crippen molar-refractivity contribution in [3.63, 3.8) is 0 Å². The monoisotopic (exact) mass is 2060 g/mol. The molecule has 0 radical (unpaired) electrons. The minimum absolute atomic E-state index is 0.00617. The van der Waals surface area contributed by atoms with Crippen LogP contribution >= 0.6 is 205 Å². The summed E-state index contributed by atoms with van der Waals surface area (Å²) >= 11 is 59.7. The van der Waals surface area contributed by atoms with Crippen molar-refractivity contribution in [1.82, 2.24) is 0 Å². The largest absolute Gasteiger partial charge is 0.481 e. The molecule has 2 atom stereocenters. The van der Waals surface area contributed by atoms with Gasteiger partial charge in [-0.15, -0.1) is 59.3 Å². The molecule has 2 unspecified atom stereocenters. The number of carboxylic acids is 2. The highest BCUT2D eigenvalue weighted by Gasteiger charge is 2.31. The van der Waals surface area contributed by atoms with Crippen molar-refractivity contribution in [2.75, 3.05) is 43.1 Å². The number of nitrogens with zero attached hydrogens (tertiary/aromatic N) is 4. The van der Waals surface area contributed by atoms with Gasteiger partial charge in [-0.3, -0.25) is 24.0 Å². The lowest BCUT2D eigenvalue weighted by atomic mass is 10.1. The fourth-order valence-corrected chi connectivity index (χ4v) is 21.0. The van der Waals surface area contributed by atoms with Gasteiger partial charge in [-0.05, 0) is 195 Å². The van der Waals surface area contributed by atoms with Gasteiger partial charge in [0.1, 0.15) is 18.0 Å². The van der Waals surface area contributed by atoms with Crippen molar-refractivity contribution in [2.45, 2.75) is 42.2 Å². The Kier molecular flexibility index (Phi) is 33.3. The summed E-state index contributed by atoms with van der Waals surface area (Å²) in [5.41, 5.74) is 2.99. The fourth-order valence-electron chi connectivity index (χ4n) is 12.2. The molecule has 0 aliphatic carbocycles. The molecular weight excluding hydrogens is 2010 g/mol. The van der Waals surface area contributed by atoms with Crippen LogP contribution in [-0.2, 0) is 14.3 Å². The van der Waals surface area contributed by atoms with E-state index in [9.17, 15) is 33.2 Å². The third-order valence-electron chi connectivity index (χ3n) is 18.2. The summed E-state index contributed by atoms with van der Waals surface area (Å²) in [6, 6.07) is 74.9. The average molecular weight is 2070 g/mol. The van der Waals surface area contributed by atoms with Gasteiger partial charge in [0, 0.05) is 131 Å². The second-order valence-electron chi connectivity index (χ2n) is 25.9. The maximum Gasteiger partial charge on any atom is 0.336 e. The number of carboxylic acid groups (broad SMARTS) is 2. The summed E-state index contributed by atoms with van der Waals surface area (Å²) in [6.45, 7) is 2.66. The number of benzene rings is 12. The van der Waals surface area contributed by atoms with Gasteiger partial charge in [0.25, 0.3) is 0 Å². The number of anilines is 2. The van der Waals surface area contributed by atoms with Crippen LogP contribution in [0.5, 0.6) is 0 Å². The summed E-state index contributed by atoms with van der Waals surface area (Å²) in [6.07, 6.45) is 1.43. The predicted molar refractivity (Wildman–Crippen MR) is 511 cm³/mol. The van der Waals surface area contributed by atoms with Crippen molar-refractivity contribution in [1.29, 1.82) is 10.5 Å². The van der Waals surface area contributed by atoms with Gasteiger partial charge in [-0.2, -0.15) is 10.5 Å². The third-order valence-corrected chi connectivity index (χ3v) is 29.1. The number of hydrogen-bond donors (Lipinski definition) is 4. The van der Waals surface area contributed by atoms with Crippen LogP contribution in [0, 0.1) is 40.3 Å². The van der Waals surface area contributed by atoms with Crippen molar-refractivity contribution >= 4 is 294 Å². The first kappa shape index (κ1) is 91.7. The Bertz CT molecular complexity index is 6660. The fraction of sp³-hybridized carbons (Fsp3) is 0.101. The molecular formula is C89H60Br4Cl5FN4O9S7. The van der Waals surface area contributed by atoms with Gasteiger partial charge >= 0.3 is 17.9 Å². The number of fused-ring (bicyclic) bond motifs is 6. The number of halogens is 10. The van der Waals surface area contributed by atoms with Crippen LogP contribution in [0.25, 0.3) is 60.5 Å². The summed E-state index contributed by atoms with van der Waals surface area (Å²) in [4.78, 5) is 81.1. The van der Waals surface area contributed by atoms with E-state index in [1.54, 1.807) is 84.1 Å². The van der Waals surface area contributed by atoms with Crippen molar-refractivity contribution in [2.24, 2.45) is 11.8 Å². The number of thiol groups is 2. The number of ether oxygens (including phenoxy) is 1. The molecule has 0 saturated carbocycles. The van der Waals surface area contributed by atoms with E-state index in [4.69, 9.17) is 83.5 Å². The lowest BCUT2D eigenvalue weighted by molar-refractivity contribution is -0.144. The quantitative estimate of drug-likeness (QED) is 0.0602. The second kappa shape index (κ2) is 43.2. The zero-order valence-corrected chi connectivity index (χ0v) is 77.7. The zero-order chi connectivity index (χ0) is 85.3. The lowest BCUT2D eigenvalue weighted by Gasteiger charge is -2.18. The molecule has 0 bridgehead atoms. The van der Waals surface area contributed by atoms with Gasteiger partial charge in [-0.25, -0.2) is 9.18 Å². The minimum Gasteiger partial charge on any atom is -0.481 e. The van der Waals surface area contributed by atoms with E-state index in [0.717, 1.165) is 95.8 Å².